The molecule has 0 aromatic heterocycles. The summed E-state index contributed by atoms with van der Waals surface area (Å²) in [5, 5.41) is 21.8. The molecule has 82 valence electrons. The van der Waals surface area contributed by atoms with Crippen molar-refractivity contribution in [1.29, 1.82) is 0 Å². The third-order valence-electron chi connectivity index (χ3n) is 2.66. The fourth-order valence-corrected chi connectivity index (χ4v) is 1.79. The second-order valence-corrected chi connectivity index (χ2v) is 3.85. The van der Waals surface area contributed by atoms with Crippen molar-refractivity contribution in [3.05, 3.63) is 23.8 Å². The lowest BCUT2D eigenvalue weighted by Gasteiger charge is -2.27. The summed E-state index contributed by atoms with van der Waals surface area (Å²) in [6, 6.07) is 5.00. The molecule has 0 atom stereocenters. The van der Waals surface area contributed by atoms with Crippen molar-refractivity contribution in [2.24, 2.45) is 0 Å². The van der Waals surface area contributed by atoms with Gasteiger partial charge in [0, 0.05) is 32.7 Å². The summed E-state index contributed by atoms with van der Waals surface area (Å²) in [4.78, 5) is 2.32. The average Bonchev–Trinajstić information content (AvgIpc) is 2.25. The van der Waals surface area contributed by atoms with Crippen LogP contribution in [-0.2, 0) is 6.54 Å². The Morgan fingerprint density at radius 1 is 1.13 bits per heavy atom. The lowest BCUT2D eigenvalue weighted by atomic mass is 10.2. The maximum absolute atomic E-state index is 9.35. The molecule has 0 radical (unpaired) electrons. The summed E-state index contributed by atoms with van der Waals surface area (Å²) in [6.07, 6.45) is 0. The van der Waals surface area contributed by atoms with Gasteiger partial charge in [-0.05, 0) is 17.7 Å². The monoisotopic (exact) mass is 208 g/mol. The van der Waals surface area contributed by atoms with Gasteiger partial charge in [-0.3, -0.25) is 4.90 Å². The van der Waals surface area contributed by atoms with Crippen molar-refractivity contribution in [2.75, 3.05) is 26.2 Å². The summed E-state index contributed by atoms with van der Waals surface area (Å²) >= 11 is 0. The first kappa shape index (κ1) is 10.3. The van der Waals surface area contributed by atoms with Crippen LogP contribution in [0.2, 0.25) is 0 Å². The molecule has 15 heavy (non-hydrogen) atoms. The van der Waals surface area contributed by atoms with Gasteiger partial charge in [-0.15, -0.1) is 0 Å². The van der Waals surface area contributed by atoms with Crippen LogP contribution in [-0.4, -0.2) is 41.3 Å². The van der Waals surface area contributed by atoms with Gasteiger partial charge < -0.3 is 15.5 Å². The van der Waals surface area contributed by atoms with Crippen LogP contribution in [0.1, 0.15) is 5.56 Å². The number of rotatable bonds is 2. The number of phenols is 2. The Labute approximate surface area is 89.1 Å². The molecule has 1 saturated heterocycles. The third-order valence-corrected chi connectivity index (χ3v) is 2.66. The Morgan fingerprint density at radius 2 is 1.87 bits per heavy atom. The van der Waals surface area contributed by atoms with E-state index < -0.39 is 0 Å². The number of benzene rings is 1. The second-order valence-electron chi connectivity index (χ2n) is 3.85. The van der Waals surface area contributed by atoms with Gasteiger partial charge >= 0.3 is 0 Å². The van der Waals surface area contributed by atoms with Crippen LogP contribution in [0.3, 0.4) is 0 Å². The lowest BCUT2D eigenvalue weighted by molar-refractivity contribution is 0.233. The fraction of sp³-hybridized carbons (Fsp3) is 0.455. The van der Waals surface area contributed by atoms with Crippen LogP contribution in [0.4, 0.5) is 0 Å². The molecule has 1 aromatic carbocycles. The summed E-state index contributed by atoms with van der Waals surface area (Å²) < 4.78 is 0. The SMILES string of the molecule is Oc1ccc(CN2CCNCC2)cc1O. The zero-order chi connectivity index (χ0) is 10.7. The van der Waals surface area contributed by atoms with E-state index in [4.69, 9.17) is 0 Å². The summed E-state index contributed by atoms with van der Waals surface area (Å²) in [7, 11) is 0. The van der Waals surface area contributed by atoms with Gasteiger partial charge in [-0.1, -0.05) is 6.07 Å². The largest absolute Gasteiger partial charge is 0.504 e. The number of hydrogen-bond donors (Lipinski definition) is 3. The molecular formula is C11H16N2O2. The average molecular weight is 208 g/mol. The smallest absolute Gasteiger partial charge is 0.157 e. The molecule has 1 aliphatic rings. The van der Waals surface area contributed by atoms with E-state index >= 15 is 0 Å². The van der Waals surface area contributed by atoms with E-state index in [9.17, 15) is 10.2 Å². The summed E-state index contributed by atoms with van der Waals surface area (Å²) in [6.45, 7) is 4.92. The first-order valence-electron chi connectivity index (χ1n) is 5.19. The first-order valence-corrected chi connectivity index (χ1v) is 5.19. The van der Waals surface area contributed by atoms with Gasteiger partial charge in [0.25, 0.3) is 0 Å². The molecule has 4 heteroatoms. The van der Waals surface area contributed by atoms with E-state index in [0.29, 0.717) is 0 Å². The highest BCUT2D eigenvalue weighted by Gasteiger charge is 2.10. The Kier molecular flexibility index (Phi) is 3.08. The summed E-state index contributed by atoms with van der Waals surface area (Å²) in [5.74, 6) is -0.0957. The molecule has 1 aliphatic heterocycles. The van der Waals surface area contributed by atoms with E-state index in [1.54, 1.807) is 6.07 Å². The molecule has 0 saturated carbocycles. The molecule has 0 aliphatic carbocycles. The fourth-order valence-electron chi connectivity index (χ4n) is 1.79. The molecule has 4 nitrogen and oxygen atoms in total. The van der Waals surface area contributed by atoms with Crippen molar-refractivity contribution >= 4 is 0 Å². The Bertz CT molecular complexity index is 335. The minimum absolute atomic E-state index is 0.0392. The minimum Gasteiger partial charge on any atom is -0.504 e. The van der Waals surface area contributed by atoms with E-state index in [0.717, 1.165) is 38.3 Å². The van der Waals surface area contributed by atoms with Gasteiger partial charge in [-0.2, -0.15) is 0 Å². The maximum Gasteiger partial charge on any atom is 0.157 e. The highest BCUT2D eigenvalue weighted by molar-refractivity contribution is 5.40. The minimum atomic E-state index is -0.0564. The quantitative estimate of drug-likeness (QED) is 0.620. The molecule has 1 heterocycles. The number of aromatic hydroxyl groups is 2. The van der Waals surface area contributed by atoms with Crippen molar-refractivity contribution in [3.8, 4) is 11.5 Å². The number of nitrogens with one attached hydrogen (secondary N) is 1. The number of hydrogen-bond acceptors (Lipinski definition) is 4. The molecular weight excluding hydrogens is 192 g/mol. The third kappa shape index (κ3) is 2.61. The molecule has 0 bridgehead atoms. The van der Waals surface area contributed by atoms with Crippen molar-refractivity contribution in [3.63, 3.8) is 0 Å². The van der Waals surface area contributed by atoms with Gasteiger partial charge in [0.15, 0.2) is 11.5 Å². The highest BCUT2D eigenvalue weighted by Crippen LogP contribution is 2.25. The highest BCUT2D eigenvalue weighted by atomic mass is 16.3. The van der Waals surface area contributed by atoms with Crippen LogP contribution in [0.5, 0.6) is 11.5 Å². The van der Waals surface area contributed by atoms with E-state index in [1.807, 2.05) is 6.07 Å². The van der Waals surface area contributed by atoms with Gasteiger partial charge in [0.05, 0.1) is 0 Å². The first-order chi connectivity index (χ1) is 7.25. The van der Waals surface area contributed by atoms with E-state index in [2.05, 4.69) is 10.2 Å². The molecule has 1 fully saturated rings. The predicted octanol–water partition coefficient (Wildman–Crippen LogP) is 0.503. The lowest BCUT2D eigenvalue weighted by Crippen LogP contribution is -2.42. The molecule has 0 unspecified atom stereocenters. The molecule has 2 rings (SSSR count). The van der Waals surface area contributed by atoms with Crippen LogP contribution in [0.15, 0.2) is 18.2 Å². The standard InChI is InChI=1S/C11H16N2O2/c14-10-2-1-9(7-11(10)15)8-13-5-3-12-4-6-13/h1-2,7,12,14-15H,3-6,8H2. The molecule has 1 aromatic rings. The Hall–Kier alpha value is -1.26. The predicted molar refractivity (Wildman–Crippen MR) is 57.9 cm³/mol. The van der Waals surface area contributed by atoms with Crippen molar-refractivity contribution in [1.82, 2.24) is 10.2 Å². The van der Waals surface area contributed by atoms with E-state index in [1.165, 1.54) is 6.07 Å². The van der Waals surface area contributed by atoms with Crippen LogP contribution in [0.25, 0.3) is 0 Å². The number of piperazine rings is 1. The van der Waals surface area contributed by atoms with Crippen LogP contribution in [0, 0.1) is 0 Å². The Morgan fingerprint density at radius 3 is 2.53 bits per heavy atom. The summed E-state index contributed by atoms with van der Waals surface area (Å²) in [5.41, 5.74) is 1.03. The van der Waals surface area contributed by atoms with Gasteiger partial charge in [0.2, 0.25) is 0 Å². The van der Waals surface area contributed by atoms with Crippen LogP contribution >= 0.6 is 0 Å². The molecule has 0 spiro atoms. The van der Waals surface area contributed by atoms with E-state index in [-0.39, 0.29) is 11.5 Å². The normalized spacial score (nSPS) is 17.9. The molecule has 0 amide bonds. The van der Waals surface area contributed by atoms with Crippen molar-refractivity contribution < 1.29 is 10.2 Å². The zero-order valence-corrected chi connectivity index (χ0v) is 8.61. The zero-order valence-electron chi connectivity index (χ0n) is 8.61. The van der Waals surface area contributed by atoms with Gasteiger partial charge in [-0.25, -0.2) is 0 Å². The maximum atomic E-state index is 9.35. The second kappa shape index (κ2) is 4.51. The van der Waals surface area contributed by atoms with Crippen LogP contribution < -0.4 is 5.32 Å². The van der Waals surface area contributed by atoms with Crippen molar-refractivity contribution in [2.45, 2.75) is 6.54 Å². The Balaban J connectivity index is 2.00. The topological polar surface area (TPSA) is 55.7 Å². The molecule has 3 N–H and O–H groups in total. The number of nitrogens with zero attached hydrogens (tertiary/aromatic N) is 1. The number of phenolic OH excluding ortho intramolecular Hbond substituents is 2. The van der Waals surface area contributed by atoms with Gasteiger partial charge in [0.1, 0.15) is 0 Å².